The number of likely N-dealkylation sites (tertiary alicyclic amines) is 1. The van der Waals surface area contributed by atoms with Crippen molar-refractivity contribution in [3.8, 4) is 11.1 Å². The highest BCUT2D eigenvalue weighted by molar-refractivity contribution is 5.98. The van der Waals surface area contributed by atoms with Gasteiger partial charge in [-0.1, -0.05) is 12.1 Å². The summed E-state index contributed by atoms with van der Waals surface area (Å²) in [6.07, 6.45) is 6.15. The molecule has 0 unspecified atom stereocenters. The summed E-state index contributed by atoms with van der Waals surface area (Å²) in [5, 5.41) is 3.03. The molecule has 3 rings (SSSR count). The maximum atomic E-state index is 12.8. The van der Waals surface area contributed by atoms with Gasteiger partial charge in [0.2, 0.25) is 11.8 Å². The number of hydrogen-bond donors (Lipinski definition) is 1. The summed E-state index contributed by atoms with van der Waals surface area (Å²) >= 11 is 0. The number of anilines is 1. The molecule has 1 aliphatic rings. The molecule has 2 amide bonds. The fraction of sp³-hybridized carbons (Fsp3) is 0.350. The van der Waals surface area contributed by atoms with Gasteiger partial charge in [0.05, 0.1) is 0 Å². The summed E-state index contributed by atoms with van der Waals surface area (Å²) in [5.74, 6) is -0.146. The lowest BCUT2D eigenvalue weighted by molar-refractivity contribution is -0.138. The molecule has 0 saturated carbocycles. The van der Waals surface area contributed by atoms with Crippen molar-refractivity contribution in [2.75, 3.05) is 11.9 Å². The number of nitrogens with zero attached hydrogens (tertiary/aromatic N) is 2. The highest BCUT2D eigenvalue weighted by Crippen LogP contribution is 2.26. The zero-order valence-electron chi connectivity index (χ0n) is 14.7. The molecule has 1 aromatic heterocycles. The summed E-state index contributed by atoms with van der Waals surface area (Å²) in [5.41, 5.74) is 3.86. The van der Waals surface area contributed by atoms with Crippen molar-refractivity contribution in [1.29, 1.82) is 0 Å². The molecule has 25 heavy (non-hydrogen) atoms. The van der Waals surface area contributed by atoms with Crippen LogP contribution in [0, 0.1) is 6.92 Å². The Morgan fingerprint density at radius 2 is 1.88 bits per heavy atom. The van der Waals surface area contributed by atoms with E-state index < -0.39 is 0 Å². The van der Waals surface area contributed by atoms with Crippen LogP contribution in [0.1, 0.15) is 31.7 Å². The van der Waals surface area contributed by atoms with Crippen LogP contribution >= 0.6 is 0 Å². The second-order valence-electron chi connectivity index (χ2n) is 6.48. The fourth-order valence-corrected chi connectivity index (χ4v) is 3.28. The van der Waals surface area contributed by atoms with Crippen molar-refractivity contribution in [2.24, 2.45) is 0 Å². The lowest BCUT2D eigenvalue weighted by Crippen LogP contribution is -2.49. The zero-order chi connectivity index (χ0) is 17.8. The van der Waals surface area contributed by atoms with Gasteiger partial charge >= 0.3 is 0 Å². The van der Waals surface area contributed by atoms with Crippen LogP contribution in [0.5, 0.6) is 0 Å². The molecule has 0 radical (unpaired) electrons. The molecule has 1 fully saturated rings. The monoisotopic (exact) mass is 337 g/mol. The van der Waals surface area contributed by atoms with E-state index >= 15 is 0 Å². The first-order valence-electron chi connectivity index (χ1n) is 8.65. The molecule has 0 spiro atoms. The number of carbonyl (C=O) groups is 2. The van der Waals surface area contributed by atoms with Crippen LogP contribution < -0.4 is 5.32 Å². The Morgan fingerprint density at radius 3 is 2.60 bits per heavy atom. The fourth-order valence-electron chi connectivity index (χ4n) is 3.28. The largest absolute Gasteiger partial charge is 0.331 e. The van der Waals surface area contributed by atoms with Crippen LogP contribution in [0.25, 0.3) is 11.1 Å². The van der Waals surface area contributed by atoms with Gasteiger partial charge in [0, 0.05) is 31.5 Å². The van der Waals surface area contributed by atoms with Crippen molar-refractivity contribution < 1.29 is 9.59 Å². The zero-order valence-corrected chi connectivity index (χ0v) is 14.7. The molecule has 2 aromatic rings. The first-order valence-corrected chi connectivity index (χ1v) is 8.65. The third-order valence-corrected chi connectivity index (χ3v) is 4.72. The molecule has 2 heterocycles. The normalized spacial score (nSPS) is 17.2. The number of aryl methyl sites for hydroxylation is 1. The first-order chi connectivity index (χ1) is 12.1. The predicted molar refractivity (Wildman–Crippen MR) is 98.1 cm³/mol. The summed E-state index contributed by atoms with van der Waals surface area (Å²) in [6.45, 7) is 4.15. The third kappa shape index (κ3) is 3.87. The van der Waals surface area contributed by atoms with Crippen molar-refractivity contribution in [3.63, 3.8) is 0 Å². The Labute approximate surface area is 148 Å². The van der Waals surface area contributed by atoms with Gasteiger partial charge in [0.15, 0.2) is 0 Å². The highest BCUT2D eigenvalue weighted by atomic mass is 16.2. The summed E-state index contributed by atoms with van der Waals surface area (Å²) in [6, 6.07) is 9.50. The Hall–Kier alpha value is -2.69. The average molecular weight is 337 g/mol. The van der Waals surface area contributed by atoms with Gasteiger partial charge in [-0.2, -0.15) is 0 Å². The number of piperidine rings is 1. The third-order valence-electron chi connectivity index (χ3n) is 4.72. The second-order valence-corrected chi connectivity index (χ2v) is 6.48. The Morgan fingerprint density at radius 1 is 1.12 bits per heavy atom. The van der Waals surface area contributed by atoms with Crippen LogP contribution in [0.2, 0.25) is 0 Å². The average Bonchev–Trinajstić information content (AvgIpc) is 2.64. The number of rotatable bonds is 3. The lowest BCUT2D eigenvalue weighted by atomic mass is 10.00. The number of benzene rings is 1. The molecule has 5 heteroatoms. The molecule has 130 valence electrons. The minimum Gasteiger partial charge on any atom is -0.331 e. The Bertz CT molecular complexity index is 774. The topological polar surface area (TPSA) is 62.3 Å². The molecule has 1 atom stereocenters. The molecule has 1 aliphatic heterocycles. The van der Waals surface area contributed by atoms with E-state index in [0.717, 1.165) is 35.2 Å². The number of carbonyl (C=O) groups excluding carboxylic acids is 2. The molecule has 0 aliphatic carbocycles. The van der Waals surface area contributed by atoms with E-state index in [0.29, 0.717) is 13.0 Å². The Balaban J connectivity index is 1.82. The number of nitrogens with one attached hydrogen (secondary N) is 1. The van der Waals surface area contributed by atoms with E-state index in [-0.39, 0.29) is 17.9 Å². The van der Waals surface area contributed by atoms with Crippen LogP contribution in [0.4, 0.5) is 5.69 Å². The molecular formula is C20H23N3O2. The SMILES string of the molecule is CC(=O)N1CCCC[C@H]1C(=O)Nc1cc(-c2ccncc2)ccc1C. The highest BCUT2D eigenvalue weighted by Gasteiger charge is 2.30. The van der Waals surface area contributed by atoms with Crippen LogP contribution in [0.3, 0.4) is 0 Å². The minimum atomic E-state index is -0.379. The van der Waals surface area contributed by atoms with Gasteiger partial charge in [0.1, 0.15) is 6.04 Å². The van der Waals surface area contributed by atoms with E-state index in [4.69, 9.17) is 0 Å². The van der Waals surface area contributed by atoms with Gasteiger partial charge < -0.3 is 10.2 Å². The van der Waals surface area contributed by atoms with Gasteiger partial charge in [-0.3, -0.25) is 14.6 Å². The van der Waals surface area contributed by atoms with Crippen molar-refractivity contribution >= 4 is 17.5 Å². The molecule has 1 N–H and O–H groups in total. The summed E-state index contributed by atoms with van der Waals surface area (Å²) < 4.78 is 0. The molecular weight excluding hydrogens is 314 g/mol. The lowest BCUT2D eigenvalue weighted by Gasteiger charge is -2.34. The van der Waals surface area contributed by atoms with E-state index in [1.54, 1.807) is 17.3 Å². The van der Waals surface area contributed by atoms with Crippen molar-refractivity contribution in [1.82, 2.24) is 9.88 Å². The standard InChI is InChI=1S/C20H23N3O2/c1-14-6-7-17(16-8-10-21-11-9-16)13-18(14)22-20(25)19-5-3-4-12-23(19)15(2)24/h6-11,13,19H,3-5,12H2,1-2H3,(H,22,25)/t19-/m0/s1. The molecule has 5 nitrogen and oxygen atoms in total. The maximum absolute atomic E-state index is 12.8. The second kappa shape index (κ2) is 7.47. The van der Waals surface area contributed by atoms with Crippen LogP contribution in [0.15, 0.2) is 42.7 Å². The van der Waals surface area contributed by atoms with E-state index in [1.807, 2.05) is 37.3 Å². The van der Waals surface area contributed by atoms with E-state index in [1.165, 1.54) is 6.92 Å². The quantitative estimate of drug-likeness (QED) is 0.934. The van der Waals surface area contributed by atoms with Crippen molar-refractivity contribution in [3.05, 3.63) is 48.3 Å². The van der Waals surface area contributed by atoms with Gasteiger partial charge in [-0.15, -0.1) is 0 Å². The van der Waals surface area contributed by atoms with Crippen molar-refractivity contribution in [2.45, 2.75) is 39.2 Å². The number of hydrogen-bond acceptors (Lipinski definition) is 3. The Kier molecular flexibility index (Phi) is 5.12. The smallest absolute Gasteiger partial charge is 0.247 e. The van der Waals surface area contributed by atoms with Gasteiger partial charge in [-0.05, 0) is 61.1 Å². The molecule has 0 bridgehead atoms. The van der Waals surface area contributed by atoms with E-state index in [9.17, 15) is 9.59 Å². The van der Waals surface area contributed by atoms with E-state index in [2.05, 4.69) is 10.3 Å². The summed E-state index contributed by atoms with van der Waals surface area (Å²) in [7, 11) is 0. The molecule has 1 saturated heterocycles. The van der Waals surface area contributed by atoms with Gasteiger partial charge in [0.25, 0.3) is 0 Å². The van der Waals surface area contributed by atoms with Crippen LogP contribution in [-0.4, -0.2) is 34.3 Å². The number of aromatic nitrogens is 1. The number of amides is 2. The predicted octanol–water partition coefficient (Wildman–Crippen LogP) is 3.40. The summed E-state index contributed by atoms with van der Waals surface area (Å²) in [4.78, 5) is 30.3. The minimum absolute atomic E-state index is 0.0397. The maximum Gasteiger partial charge on any atom is 0.247 e. The first kappa shape index (κ1) is 17.1. The van der Waals surface area contributed by atoms with Gasteiger partial charge in [-0.25, -0.2) is 0 Å². The molecule has 1 aromatic carbocycles. The number of pyridine rings is 1. The van der Waals surface area contributed by atoms with Crippen LogP contribution in [-0.2, 0) is 9.59 Å².